The maximum absolute atomic E-state index is 12.6. The predicted molar refractivity (Wildman–Crippen MR) is 84.5 cm³/mol. The van der Waals surface area contributed by atoms with Crippen molar-refractivity contribution in [3.05, 3.63) is 47.3 Å². The maximum Gasteiger partial charge on any atom is 0.261 e. The van der Waals surface area contributed by atoms with Crippen LogP contribution in [0.1, 0.15) is 28.0 Å². The number of carbonyl (C=O) groups is 1. The zero-order valence-electron chi connectivity index (χ0n) is 12.8. The monoisotopic (exact) mass is 286 g/mol. The number of anilines is 1. The van der Waals surface area contributed by atoms with Crippen LogP contribution >= 0.6 is 0 Å². The lowest BCUT2D eigenvalue weighted by Crippen LogP contribution is -2.26. The molecule has 2 N–H and O–H groups in total. The van der Waals surface area contributed by atoms with Crippen molar-refractivity contribution in [2.24, 2.45) is 5.73 Å². The van der Waals surface area contributed by atoms with Crippen LogP contribution in [0.2, 0.25) is 0 Å². The van der Waals surface area contributed by atoms with Gasteiger partial charge < -0.3 is 10.6 Å². The van der Waals surface area contributed by atoms with Crippen LogP contribution in [0.25, 0.3) is 0 Å². The first-order valence-corrected chi connectivity index (χ1v) is 7.11. The van der Waals surface area contributed by atoms with E-state index in [-0.39, 0.29) is 5.91 Å². The SMILES string of the molecule is Cc1cccc(N(C)C(=O)c2cnn(CCCN)c2C)c1. The molecule has 1 aromatic carbocycles. The predicted octanol–water partition coefficient (Wildman–Crippen LogP) is 2.13. The van der Waals surface area contributed by atoms with Gasteiger partial charge in [0.25, 0.3) is 5.91 Å². The molecule has 1 amide bonds. The lowest BCUT2D eigenvalue weighted by Gasteiger charge is -2.17. The summed E-state index contributed by atoms with van der Waals surface area (Å²) >= 11 is 0. The van der Waals surface area contributed by atoms with Crippen molar-refractivity contribution in [1.82, 2.24) is 9.78 Å². The topological polar surface area (TPSA) is 64.2 Å². The Labute approximate surface area is 125 Å². The Hall–Kier alpha value is -2.14. The molecule has 0 spiro atoms. The Kier molecular flexibility index (Phi) is 4.75. The third-order valence-corrected chi connectivity index (χ3v) is 3.60. The molecule has 0 saturated carbocycles. The van der Waals surface area contributed by atoms with Crippen molar-refractivity contribution in [1.29, 1.82) is 0 Å². The minimum atomic E-state index is -0.0444. The summed E-state index contributed by atoms with van der Waals surface area (Å²) in [5.41, 5.74) is 9.04. The molecule has 0 atom stereocenters. The second-order valence-corrected chi connectivity index (χ2v) is 5.21. The zero-order valence-corrected chi connectivity index (χ0v) is 12.8. The number of aromatic nitrogens is 2. The highest BCUT2D eigenvalue weighted by atomic mass is 16.2. The van der Waals surface area contributed by atoms with E-state index >= 15 is 0 Å². The van der Waals surface area contributed by atoms with E-state index in [1.807, 2.05) is 42.8 Å². The second kappa shape index (κ2) is 6.54. The van der Waals surface area contributed by atoms with Gasteiger partial charge in [0.05, 0.1) is 11.8 Å². The highest BCUT2D eigenvalue weighted by Gasteiger charge is 2.19. The van der Waals surface area contributed by atoms with Crippen LogP contribution in [0.3, 0.4) is 0 Å². The highest BCUT2D eigenvalue weighted by Crippen LogP contribution is 2.18. The average molecular weight is 286 g/mol. The Balaban J connectivity index is 2.22. The summed E-state index contributed by atoms with van der Waals surface area (Å²) < 4.78 is 1.84. The molecule has 0 radical (unpaired) electrons. The molecule has 0 aliphatic carbocycles. The van der Waals surface area contributed by atoms with Crippen LogP contribution in [-0.4, -0.2) is 29.3 Å². The fourth-order valence-electron chi connectivity index (χ4n) is 2.26. The van der Waals surface area contributed by atoms with E-state index in [9.17, 15) is 4.79 Å². The Morgan fingerprint density at radius 2 is 2.14 bits per heavy atom. The van der Waals surface area contributed by atoms with E-state index < -0.39 is 0 Å². The Morgan fingerprint density at radius 3 is 2.81 bits per heavy atom. The highest BCUT2D eigenvalue weighted by molar-refractivity contribution is 6.06. The van der Waals surface area contributed by atoms with Gasteiger partial charge in [-0.3, -0.25) is 9.48 Å². The van der Waals surface area contributed by atoms with Crippen LogP contribution in [0.15, 0.2) is 30.5 Å². The van der Waals surface area contributed by atoms with Gasteiger partial charge >= 0.3 is 0 Å². The normalized spacial score (nSPS) is 10.7. The van der Waals surface area contributed by atoms with Gasteiger partial charge in [-0.1, -0.05) is 12.1 Å². The molecule has 0 saturated heterocycles. The molecule has 0 bridgehead atoms. The van der Waals surface area contributed by atoms with Crippen LogP contribution in [0, 0.1) is 13.8 Å². The molecule has 0 aliphatic rings. The summed E-state index contributed by atoms with van der Waals surface area (Å²) in [5.74, 6) is -0.0444. The Bertz CT molecular complexity index is 633. The molecular formula is C16H22N4O. The fraction of sp³-hybridized carbons (Fsp3) is 0.375. The lowest BCUT2D eigenvalue weighted by molar-refractivity contribution is 0.0992. The zero-order chi connectivity index (χ0) is 15.4. The van der Waals surface area contributed by atoms with Gasteiger partial charge in [0, 0.05) is 25.0 Å². The third kappa shape index (κ3) is 3.31. The summed E-state index contributed by atoms with van der Waals surface area (Å²) in [6.07, 6.45) is 2.49. The minimum Gasteiger partial charge on any atom is -0.330 e. The van der Waals surface area contributed by atoms with Gasteiger partial charge in [-0.2, -0.15) is 5.10 Å². The van der Waals surface area contributed by atoms with Crippen LogP contribution in [-0.2, 0) is 6.54 Å². The first kappa shape index (κ1) is 15.3. The number of nitrogens with zero attached hydrogens (tertiary/aromatic N) is 3. The molecule has 0 unspecified atom stereocenters. The van der Waals surface area contributed by atoms with Gasteiger partial charge in [0.1, 0.15) is 0 Å². The molecule has 5 nitrogen and oxygen atoms in total. The summed E-state index contributed by atoms with van der Waals surface area (Å²) in [4.78, 5) is 14.3. The molecule has 1 heterocycles. The number of carbonyl (C=O) groups excluding carboxylic acids is 1. The number of amides is 1. The number of benzene rings is 1. The molecule has 0 fully saturated rings. The van der Waals surface area contributed by atoms with Crippen molar-refractivity contribution < 1.29 is 4.79 Å². The standard InChI is InChI=1S/C16H22N4O/c1-12-6-4-7-14(10-12)19(3)16(21)15-11-18-20(13(15)2)9-5-8-17/h4,6-7,10-11H,5,8-9,17H2,1-3H3. The smallest absolute Gasteiger partial charge is 0.261 e. The molecule has 21 heavy (non-hydrogen) atoms. The molecule has 112 valence electrons. The summed E-state index contributed by atoms with van der Waals surface area (Å²) in [7, 11) is 1.79. The largest absolute Gasteiger partial charge is 0.330 e. The van der Waals surface area contributed by atoms with E-state index in [4.69, 9.17) is 5.73 Å². The molecule has 2 aromatic rings. The van der Waals surface area contributed by atoms with Gasteiger partial charge in [-0.05, 0) is 44.5 Å². The summed E-state index contributed by atoms with van der Waals surface area (Å²) in [6.45, 7) is 5.29. The summed E-state index contributed by atoms with van der Waals surface area (Å²) in [5, 5.41) is 4.28. The van der Waals surface area contributed by atoms with Gasteiger partial charge in [-0.25, -0.2) is 0 Å². The van der Waals surface area contributed by atoms with Crippen molar-refractivity contribution in [3.63, 3.8) is 0 Å². The van der Waals surface area contributed by atoms with E-state index in [2.05, 4.69) is 5.10 Å². The van der Waals surface area contributed by atoms with Crippen LogP contribution in [0.4, 0.5) is 5.69 Å². The maximum atomic E-state index is 12.6. The fourth-order valence-corrected chi connectivity index (χ4v) is 2.26. The number of hydrogen-bond donors (Lipinski definition) is 1. The van der Waals surface area contributed by atoms with Gasteiger partial charge in [0.2, 0.25) is 0 Å². The van der Waals surface area contributed by atoms with E-state index in [1.165, 1.54) is 0 Å². The van der Waals surface area contributed by atoms with E-state index in [0.717, 1.165) is 29.9 Å². The number of hydrogen-bond acceptors (Lipinski definition) is 3. The second-order valence-electron chi connectivity index (χ2n) is 5.21. The van der Waals surface area contributed by atoms with E-state index in [1.54, 1.807) is 18.1 Å². The van der Waals surface area contributed by atoms with Crippen molar-refractivity contribution in [3.8, 4) is 0 Å². The molecular weight excluding hydrogens is 264 g/mol. The summed E-state index contributed by atoms with van der Waals surface area (Å²) in [6, 6.07) is 7.88. The third-order valence-electron chi connectivity index (χ3n) is 3.60. The van der Waals surface area contributed by atoms with Gasteiger partial charge in [0.15, 0.2) is 0 Å². The molecule has 5 heteroatoms. The van der Waals surface area contributed by atoms with E-state index in [0.29, 0.717) is 12.1 Å². The van der Waals surface area contributed by atoms with Gasteiger partial charge in [-0.15, -0.1) is 0 Å². The van der Waals surface area contributed by atoms with Crippen molar-refractivity contribution >= 4 is 11.6 Å². The number of nitrogens with two attached hydrogens (primary N) is 1. The van der Waals surface area contributed by atoms with Crippen LogP contribution < -0.4 is 10.6 Å². The minimum absolute atomic E-state index is 0.0444. The van der Waals surface area contributed by atoms with Crippen LogP contribution in [0.5, 0.6) is 0 Å². The quantitative estimate of drug-likeness (QED) is 0.915. The first-order valence-electron chi connectivity index (χ1n) is 7.11. The lowest BCUT2D eigenvalue weighted by atomic mass is 10.2. The molecule has 2 rings (SSSR count). The molecule has 0 aliphatic heterocycles. The van der Waals surface area contributed by atoms with Crippen molar-refractivity contribution in [2.45, 2.75) is 26.8 Å². The van der Waals surface area contributed by atoms with Crippen molar-refractivity contribution in [2.75, 3.05) is 18.5 Å². The molecule has 1 aromatic heterocycles. The first-order chi connectivity index (χ1) is 10.0. The number of rotatable bonds is 5. The Morgan fingerprint density at radius 1 is 1.38 bits per heavy atom. The average Bonchev–Trinajstić information content (AvgIpc) is 2.84. The number of aryl methyl sites for hydroxylation is 2.